The summed E-state index contributed by atoms with van der Waals surface area (Å²) in [5.74, 6) is 1.58. The fourth-order valence-electron chi connectivity index (χ4n) is 4.46. The highest BCUT2D eigenvalue weighted by molar-refractivity contribution is 7.13. The van der Waals surface area contributed by atoms with E-state index >= 15 is 0 Å². The largest absolute Gasteiger partial charge is 0.496 e. The maximum absolute atomic E-state index is 13.6. The zero-order valence-electron chi connectivity index (χ0n) is 20.3. The molecule has 1 amide bonds. The van der Waals surface area contributed by atoms with Crippen LogP contribution in [0.2, 0.25) is 0 Å². The van der Waals surface area contributed by atoms with Crippen molar-refractivity contribution < 1.29 is 9.53 Å². The molecule has 1 aliphatic rings. The highest BCUT2D eigenvalue weighted by atomic mass is 32.1. The molecule has 0 aliphatic carbocycles. The van der Waals surface area contributed by atoms with E-state index in [2.05, 4.69) is 74.9 Å². The Morgan fingerprint density at radius 2 is 1.97 bits per heavy atom. The van der Waals surface area contributed by atoms with Gasteiger partial charge in [-0.15, -0.1) is 11.3 Å². The zero-order chi connectivity index (χ0) is 23.2. The maximum Gasteiger partial charge on any atom is 0.270 e. The van der Waals surface area contributed by atoms with E-state index in [-0.39, 0.29) is 11.4 Å². The topological polar surface area (TPSA) is 34.5 Å². The Kier molecular flexibility index (Phi) is 5.97. The number of carbonyl (C=O) groups excluding carboxylic acids is 1. The number of aryl methyl sites for hydroxylation is 1. The smallest absolute Gasteiger partial charge is 0.270 e. The van der Waals surface area contributed by atoms with Crippen molar-refractivity contribution in [3.05, 3.63) is 52.5 Å². The van der Waals surface area contributed by atoms with Crippen molar-refractivity contribution in [2.75, 3.05) is 14.2 Å². The van der Waals surface area contributed by atoms with Crippen LogP contribution in [0, 0.1) is 5.92 Å². The molecule has 1 aromatic carbocycles. The van der Waals surface area contributed by atoms with E-state index in [0.717, 1.165) is 42.1 Å². The van der Waals surface area contributed by atoms with Crippen LogP contribution in [0.15, 0.2) is 35.7 Å². The summed E-state index contributed by atoms with van der Waals surface area (Å²) in [6, 6.07) is 10.8. The summed E-state index contributed by atoms with van der Waals surface area (Å²) in [5, 5.41) is 2.10. The summed E-state index contributed by atoms with van der Waals surface area (Å²) in [4.78, 5) is 16.6. The molecule has 0 saturated heterocycles. The SMILES string of the molecule is COc1cc2c(cc1CC(C)C)-c1c(-c3cccs3)cc(C(=O)N(C)C(C)(C)C)n1CC2. The lowest BCUT2D eigenvalue weighted by molar-refractivity contribution is 0.0644. The molecule has 0 atom stereocenters. The molecule has 3 aromatic rings. The van der Waals surface area contributed by atoms with E-state index in [1.807, 2.05) is 11.9 Å². The van der Waals surface area contributed by atoms with Gasteiger partial charge in [0.2, 0.25) is 0 Å². The quantitative estimate of drug-likeness (QED) is 0.444. The Morgan fingerprint density at radius 1 is 1.22 bits per heavy atom. The van der Waals surface area contributed by atoms with Gasteiger partial charge in [-0.2, -0.15) is 0 Å². The Hall–Kier alpha value is -2.53. The van der Waals surface area contributed by atoms with Crippen molar-refractivity contribution in [2.24, 2.45) is 5.92 Å². The van der Waals surface area contributed by atoms with Gasteiger partial charge in [0, 0.05) is 35.1 Å². The first kappa shape index (κ1) is 22.7. The number of carbonyl (C=O) groups is 1. The van der Waals surface area contributed by atoms with Crippen molar-refractivity contribution in [3.63, 3.8) is 0 Å². The van der Waals surface area contributed by atoms with E-state index in [1.165, 1.54) is 21.6 Å². The molecular formula is C27H34N2O2S. The Bertz CT molecular complexity index is 1130. The number of fused-ring (bicyclic) bond motifs is 3. The lowest BCUT2D eigenvalue weighted by atomic mass is 9.91. The lowest BCUT2D eigenvalue weighted by Gasteiger charge is -2.33. The van der Waals surface area contributed by atoms with E-state index in [0.29, 0.717) is 5.92 Å². The molecule has 5 heteroatoms. The van der Waals surface area contributed by atoms with Gasteiger partial charge in [0.05, 0.1) is 12.8 Å². The van der Waals surface area contributed by atoms with Gasteiger partial charge >= 0.3 is 0 Å². The third kappa shape index (κ3) is 3.99. The first-order chi connectivity index (χ1) is 15.1. The molecule has 0 unspecified atom stereocenters. The number of thiophene rings is 1. The van der Waals surface area contributed by atoms with Crippen LogP contribution < -0.4 is 4.74 Å². The van der Waals surface area contributed by atoms with Gasteiger partial charge in [0.15, 0.2) is 0 Å². The number of nitrogens with zero attached hydrogens (tertiary/aromatic N) is 2. The average Bonchev–Trinajstić information content (AvgIpc) is 3.38. The number of rotatable bonds is 5. The molecule has 0 saturated carbocycles. The fraction of sp³-hybridized carbons (Fsp3) is 0.444. The molecule has 32 heavy (non-hydrogen) atoms. The number of hydrogen-bond acceptors (Lipinski definition) is 3. The van der Waals surface area contributed by atoms with E-state index in [1.54, 1.807) is 18.4 Å². The third-order valence-corrected chi connectivity index (χ3v) is 7.31. The van der Waals surface area contributed by atoms with Crippen LogP contribution in [0.1, 0.15) is 56.2 Å². The van der Waals surface area contributed by atoms with Gasteiger partial charge in [0.25, 0.3) is 5.91 Å². The number of ether oxygens (including phenoxy) is 1. The predicted molar refractivity (Wildman–Crippen MR) is 134 cm³/mol. The highest BCUT2D eigenvalue weighted by Gasteiger charge is 2.31. The molecule has 0 fully saturated rings. The standard InChI is InChI=1S/C27H34N2O2S/c1-17(2)13-19-14-20-18(15-23(19)31-7)10-11-29-22(26(30)28(6)27(3,4)5)16-21(25(20)29)24-9-8-12-32-24/h8-9,12,14-17H,10-11,13H2,1-7H3. The van der Waals surface area contributed by atoms with Crippen LogP contribution >= 0.6 is 11.3 Å². The third-order valence-electron chi connectivity index (χ3n) is 6.41. The molecule has 3 heterocycles. The minimum atomic E-state index is -0.241. The average molecular weight is 451 g/mol. The van der Waals surface area contributed by atoms with Crippen molar-refractivity contribution in [1.82, 2.24) is 9.47 Å². The molecule has 0 spiro atoms. The fourth-order valence-corrected chi connectivity index (χ4v) is 5.20. The first-order valence-electron chi connectivity index (χ1n) is 11.4. The number of methoxy groups -OCH3 is 1. The first-order valence-corrected chi connectivity index (χ1v) is 12.3. The normalized spacial score (nSPS) is 13.1. The summed E-state index contributed by atoms with van der Waals surface area (Å²) in [7, 11) is 3.66. The van der Waals surface area contributed by atoms with Gasteiger partial charge in [-0.05, 0) is 80.3 Å². The second kappa shape index (κ2) is 8.43. The molecule has 0 N–H and O–H groups in total. The Morgan fingerprint density at radius 3 is 2.56 bits per heavy atom. The van der Waals surface area contributed by atoms with Gasteiger partial charge < -0.3 is 14.2 Å². The van der Waals surface area contributed by atoms with Gasteiger partial charge in [-0.25, -0.2) is 0 Å². The van der Waals surface area contributed by atoms with Crippen molar-refractivity contribution >= 4 is 17.2 Å². The van der Waals surface area contributed by atoms with E-state index < -0.39 is 0 Å². The highest BCUT2D eigenvalue weighted by Crippen LogP contribution is 2.44. The summed E-state index contributed by atoms with van der Waals surface area (Å²) in [6.45, 7) is 11.5. The maximum atomic E-state index is 13.6. The molecule has 170 valence electrons. The summed E-state index contributed by atoms with van der Waals surface area (Å²) >= 11 is 1.72. The summed E-state index contributed by atoms with van der Waals surface area (Å²) in [6.07, 6.45) is 1.85. The molecule has 4 rings (SSSR count). The molecular weight excluding hydrogens is 416 g/mol. The molecule has 0 bridgehead atoms. The van der Waals surface area contributed by atoms with Crippen LogP contribution in [0.25, 0.3) is 21.7 Å². The van der Waals surface area contributed by atoms with Crippen LogP contribution in [0.5, 0.6) is 5.75 Å². The number of aromatic nitrogens is 1. The van der Waals surface area contributed by atoms with Crippen LogP contribution in [-0.4, -0.2) is 35.1 Å². The van der Waals surface area contributed by atoms with Gasteiger partial charge in [0.1, 0.15) is 11.4 Å². The zero-order valence-corrected chi connectivity index (χ0v) is 21.1. The number of hydrogen-bond donors (Lipinski definition) is 0. The van der Waals surface area contributed by atoms with E-state index in [4.69, 9.17) is 4.74 Å². The summed E-state index contributed by atoms with van der Waals surface area (Å²) < 4.78 is 7.99. The molecule has 0 radical (unpaired) electrons. The summed E-state index contributed by atoms with van der Waals surface area (Å²) in [5.41, 5.74) is 6.59. The minimum absolute atomic E-state index is 0.0703. The Balaban J connectivity index is 1.94. The van der Waals surface area contributed by atoms with Crippen molar-refractivity contribution in [1.29, 1.82) is 0 Å². The monoisotopic (exact) mass is 450 g/mol. The Labute approximate surface area is 195 Å². The van der Waals surface area contributed by atoms with Crippen LogP contribution in [0.4, 0.5) is 0 Å². The lowest BCUT2D eigenvalue weighted by Crippen LogP contribution is -2.43. The number of benzene rings is 1. The van der Waals surface area contributed by atoms with Crippen LogP contribution in [0.3, 0.4) is 0 Å². The van der Waals surface area contributed by atoms with E-state index in [9.17, 15) is 4.79 Å². The van der Waals surface area contributed by atoms with Crippen molar-refractivity contribution in [3.8, 4) is 27.4 Å². The van der Waals surface area contributed by atoms with Crippen molar-refractivity contribution in [2.45, 2.75) is 59.5 Å². The van der Waals surface area contributed by atoms with Gasteiger partial charge in [-0.1, -0.05) is 19.9 Å². The minimum Gasteiger partial charge on any atom is -0.496 e. The predicted octanol–water partition coefficient (Wildman–Crippen LogP) is 6.52. The van der Waals surface area contributed by atoms with Crippen LogP contribution in [-0.2, 0) is 19.4 Å². The molecule has 4 nitrogen and oxygen atoms in total. The molecule has 2 aromatic heterocycles. The number of amides is 1. The molecule has 1 aliphatic heterocycles. The van der Waals surface area contributed by atoms with Gasteiger partial charge in [-0.3, -0.25) is 4.79 Å². The second-order valence-corrected chi connectivity index (χ2v) is 11.1. The second-order valence-electron chi connectivity index (χ2n) is 10.1.